The van der Waals surface area contributed by atoms with E-state index in [1.54, 1.807) is 17.5 Å². The third-order valence-electron chi connectivity index (χ3n) is 4.65. The van der Waals surface area contributed by atoms with Crippen LogP contribution in [-0.2, 0) is 12.8 Å². The van der Waals surface area contributed by atoms with Gasteiger partial charge in [-0.3, -0.25) is 9.97 Å². The molecule has 1 aliphatic carbocycles. The smallest absolute Gasteiger partial charge is 0.297 e. The summed E-state index contributed by atoms with van der Waals surface area (Å²) >= 11 is 1.69. The summed E-state index contributed by atoms with van der Waals surface area (Å²) in [5.74, 6) is 1.17. The average molecular weight is 337 g/mol. The number of aromatic nitrogens is 5. The Morgan fingerprint density at radius 2 is 2.29 bits per heavy atom. The van der Waals surface area contributed by atoms with E-state index in [4.69, 9.17) is 0 Å². The van der Waals surface area contributed by atoms with Crippen LogP contribution >= 0.6 is 11.3 Å². The number of H-pyrrole nitrogens is 1. The van der Waals surface area contributed by atoms with Gasteiger partial charge >= 0.3 is 5.69 Å². The number of nitrogens with zero attached hydrogens (tertiary/aromatic N) is 4. The van der Waals surface area contributed by atoms with Gasteiger partial charge in [0.15, 0.2) is 5.65 Å². The van der Waals surface area contributed by atoms with Gasteiger partial charge in [0.1, 0.15) is 10.5 Å². The molecule has 7 heteroatoms. The van der Waals surface area contributed by atoms with E-state index >= 15 is 0 Å². The average Bonchev–Trinajstić information content (AvgIpc) is 3.16. The van der Waals surface area contributed by atoms with Crippen molar-refractivity contribution in [3.8, 4) is 11.5 Å². The summed E-state index contributed by atoms with van der Waals surface area (Å²) in [5, 5.41) is 5.43. The van der Waals surface area contributed by atoms with Crippen LogP contribution in [0.25, 0.3) is 27.4 Å². The van der Waals surface area contributed by atoms with Gasteiger partial charge in [0.2, 0.25) is 5.82 Å². The van der Waals surface area contributed by atoms with Crippen molar-refractivity contribution in [3.63, 3.8) is 0 Å². The van der Waals surface area contributed by atoms with E-state index < -0.39 is 0 Å². The highest BCUT2D eigenvalue weighted by atomic mass is 32.1. The molecule has 24 heavy (non-hydrogen) atoms. The SMILES string of the molecule is C[C@@H]1CCc2c(sc3[nH]c(=O)n4nc(-c5ccccn5)nc4c23)C1. The molecular weight excluding hydrogens is 322 g/mol. The first-order valence-corrected chi connectivity index (χ1v) is 8.87. The van der Waals surface area contributed by atoms with Crippen LogP contribution in [-0.4, -0.2) is 24.6 Å². The van der Waals surface area contributed by atoms with E-state index in [9.17, 15) is 4.79 Å². The minimum atomic E-state index is -0.251. The molecule has 0 bridgehead atoms. The van der Waals surface area contributed by atoms with Crippen LogP contribution in [0.5, 0.6) is 0 Å². The first-order chi connectivity index (χ1) is 11.7. The van der Waals surface area contributed by atoms with Gasteiger partial charge in [-0.15, -0.1) is 16.4 Å². The summed E-state index contributed by atoms with van der Waals surface area (Å²) in [5.41, 5.74) is 2.39. The van der Waals surface area contributed by atoms with E-state index in [0.717, 1.165) is 23.1 Å². The molecule has 1 atom stereocenters. The Morgan fingerprint density at radius 1 is 1.38 bits per heavy atom. The molecule has 0 aliphatic heterocycles. The van der Waals surface area contributed by atoms with Gasteiger partial charge in [-0.25, -0.2) is 9.78 Å². The number of hydrogen-bond acceptors (Lipinski definition) is 5. The molecule has 4 heterocycles. The lowest BCUT2D eigenvalue weighted by Crippen LogP contribution is -2.17. The molecule has 4 aromatic rings. The number of thiophene rings is 1. The standard InChI is InChI=1S/C17H15N5OS/c1-9-5-6-10-12(8-9)24-16-13(10)15-19-14(11-4-2-3-7-18-11)21-22(15)17(23)20-16/h2-4,7,9H,5-6,8H2,1H3,(H,20,23)/t9-/m1/s1. The third kappa shape index (κ3) is 1.94. The molecule has 0 radical (unpaired) electrons. The monoisotopic (exact) mass is 337 g/mol. The normalized spacial score (nSPS) is 17.5. The fourth-order valence-corrected chi connectivity index (χ4v) is 4.84. The van der Waals surface area contributed by atoms with Crippen LogP contribution in [0.3, 0.4) is 0 Å². The highest BCUT2D eigenvalue weighted by Gasteiger charge is 2.24. The summed E-state index contributed by atoms with van der Waals surface area (Å²) in [6.07, 6.45) is 4.98. The Labute approximate surface area is 141 Å². The summed E-state index contributed by atoms with van der Waals surface area (Å²) in [6.45, 7) is 2.28. The van der Waals surface area contributed by atoms with Crippen molar-refractivity contribution in [1.82, 2.24) is 24.6 Å². The van der Waals surface area contributed by atoms with Gasteiger partial charge in [0.05, 0.1) is 5.39 Å². The molecule has 0 spiro atoms. The first-order valence-electron chi connectivity index (χ1n) is 8.05. The zero-order valence-corrected chi connectivity index (χ0v) is 13.9. The molecule has 1 N–H and O–H groups in total. The molecule has 0 amide bonds. The maximum absolute atomic E-state index is 12.4. The number of rotatable bonds is 1. The summed E-state index contributed by atoms with van der Waals surface area (Å²) in [7, 11) is 0. The van der Waals surface area contributed by atoms with E-state index in [0.29, 0.717) is 23.1 Å². The number of aromatic amines is 1. The van der Waals surface area contributed by atoms with Crippen molar-refractivity contribution in [3.05, 3.63) is 45.3 Å². The van der Waals surface area contributed by atoms with Gasteiger partial charge in [-0.2, -0.15) is 4.52 Å². The Morgan fingerprint density at radius 3 is 3.12 bits per heavy atom. The summed E-state index contributed by atoms with van der Waals surface area (Å²) in [6, 6.07) is 5.59. The van der Waals surface area contributed by atoms with Gasteiger partial charge < -0.3 is 0 Å². The maximum atomic E-state index is 12.4. The fourth-order valence-electron chi connectivity index (χ4n) is 3.44. The topological polar surface area (TPSA) is 75.9 Å². The van der Waals surface area contributed by atoms with Crippen molar-refractivity contribution < 1.29 is 0 Å². The molecule has 0 aromatic carbocycles. The van der Waals surface area contributed by atoms with E-state index in [2.05, 4.69) is 27.0 Å². The highest BCUT2D eigenvalue weighted by molar-refractivity contribution is 7.19. The zero-order chi connectivity index (χ0) is 16.3. The number of pyridine rings is 1. The number of hydrogen-bond donors (Lipinski definition) is 1. The summed E-state index contributed by atoms with van der Waals surface area (Å²) < 4.78 is 1.37. The second-order valence-corrected chi connectivity index (χ2v) is 7.48. The Bertz CT molecular complexity index is 1120. The minimum absolute atomic E-state index is 0.251. The van der Waals surface area contributed by atoms with E-state index in [1.165, 1.54) is 21.4 Å². The molecule has 0 fully saturated rings. The molecule has 1 aliphatic rings. The van der Waals surface area contributed by atoms with Crippen molar-refractivity contribution >= 4 is 27.2 Å². The molecule has 4 aromatic heterocycles. The lowest BCUT2D eigenvalue weighted by atomic mass is 9.89. The predicted molar refractivity (Wildman–Crippen MR) is 93.4 cm³/mol. The number of aryl methyl sites for hydroxylation is 1. The Hall–Kier alpha value is -2.54. The third-order valence-corrected chi connectivity index (χ3v) is 5.82. The summed E-state index contributed by atoms with van der Waals surface area (Å²) in [4.78, 5) is 26.6. The van der Waals surface area contributed by atoms with Crippen LogP contribution in [0.2, 0.25) is 0 Å². The van der Waals surface area contributed by atoms with Crippen LogP contribution in [0, 0.1) is 5.92 Å². The highest BCUT2D eigenvalue weighted by Crippen LogP contribution is 2.38. The Kier molecular flexibility index (Phi) is 2.87. The molecule has 6 nitrogen and oxygen atoms in total. The lowest BCUT2D eigenvalue weighted by molar-refractivity contribution is 0.509. The predicted octanol–water partition coefficient (Wildman–Crippen LogP) is 2.82. The lowest BCUT2D eigenvalue weighted by Gasteiger charge is -2.17. The minimum Gasteiger partial charge on any atom is -0.297 e. The van der Waals surface area contributed by atoms with Crippen LogP contribution < -0.4 is 5.69 Å². The number of fused-ring (bicyclic) bond motifs is 5. The first kappa shape index (κ1) is 13.9. The van der Waals surface area contributed by atoms with Gasteiger partial charge in [-0.1, -0.05) is 13.0 Å². The molecule has 0 unspecified atom stereocenters. The molecule has 120 valence electrons. The number of nitrogens with one attached hydrogen (secondary N) is 1. The van der Waals surface area contributed by atoms with Crippen molar-refractivity contribution in [2.45, 2.75) is 26.2 Å². The molecule has 0 saturated heterocycles. The van der Waals surface area contributed by atoms with Gasteiger partial charge in [-0.05, 0) is 42.9 Å². The zero-order valence-electron chi connectivity index (χ0n) is 13.1. The van der Waals surface area contributed by atoms with Crippen molar-refractivity contribution in [1.29, 1.82) is 0 Å². The van der Waals surface area contributed by atoms with Gasteiger partial charge in [0.25, 0.3) is 0 Å². The van der Waals surface area contributed by atoms with Crippen molar-refractivity contribution in [2.75, 3.05) is 0 Å². The maximum Gasteiger partial charge on any atom is 0.349 e. The second-order valence-electron chi connectivity index (χ2n) is 6.37. The largest absolute Gasteiger partial charge is 0.349 e. The fraction of sp³-hybridized carbons (Fsp3) is 0.294. The van der Waals surface area contributed by atoms with Crippen LogP contribution in [0.1, 0.15) is 23.8 Å². The quantitative estimate of drug-likeness (QED) is 0.579. The van der Waals surface area contributed by atoms with Gasteiger partial charge in [0, 0.05) is 11.1 Å². The second kappa shape index (κ2) is 4.98. The molecule has 5 rings (SSSR count). The Balaban J connectivity index is 1.84. The van der Waals surface area contributed by atoms with Crippen molar-refractivity contribution in [2.24, 2.45) is 5.92 Å². The van der Waals surface area contributed by atoms with Crippen LogP contribution in [0.15, 0.2) is 29.2 Å². The molecule has 0 saturated carbocycles. The van der Waals surface area contributed by atoms with E-state index in [1.807, 2.05) is 18.2 Å². The molecular formula is C17H15N5OS. The van der Waals surface area contributed by atoms with E-state index in [-0.39, 0.29) is 5.69 Å². The van der Waals surface area contributed by atoms with Crippen LogP contribution in [0.4, 0.5) is 0 Å².